The van der Waals surface area contributed by atoms with Gasteiger partial charge in [-0.15, -0.1) is 0 Å². The zero-order valence-corrected chi connectivity index (χ0v) is 7.79. The highest BCUT2D eigenvalue weighted by Gasteiger charge is 1.72. The molecule has 0 fully saturated rings. The predicted molar refractivity (Wildman–Crippen MR) is 49.1 cm³/mol. The van der Waals surface area contributed by atoms with E-state index in [2.05, 4.69) is 13.0 Å². The minimum absolute atomic E-state index is 0.278. The Bertz CT molecular complexity index is 107. The Hall–Kier alpha value is -0.830. The Balaban J connectivity index is 0. The quantitative estimate of drug-likeness (QED) is 0.639. The minimum atomic E-state index is -0.833. The van der Waals surface area contributed by atoms with Crippen molar-refractivity contribution in [1.29, 1.82) is 0 Å². The van der Waals surface area contributed by atoms with Crippen LogP contribution in [0.3, 0.4) is 0 Å². The zero-order valence-electron chi connectivity index (χ0n) is 7.79. The molecular weight excluding hydrogens is 156 g/mol. The van der Waals surface area contributed by atoms with E-state index in [1.807, 2.05) is 6.08 Å². The molecule has 0 aromatic rings. The maximum atomic E-state index is 9.00. The van der Waals surface area contributed by atoms with Gasteiger partial charge in [0.1, 0.15) is 0 Å². The highest BCUT2D eigenvalue weighted by atomic mass is 16.4. The molecule has 0 radical (unpaired) electrons. The Morgan fingerprint density at radius 3 is 2.08 bits per heavy atom. The molecular formula is C9H18O3. The van der Waals surface area contributed by atoms with Crippen molar-refractivity contribution in [3.8, 4) is 0 Å². The molecule has 3 nitrogen and oxygen atoms in total. The first-order chi connectivity index (χ1) is 5.65. The lowest BCUT2D eigenvalue weighted by Crippen LogP contribution is -1.78. The molecule has 0 aliphatic carbocycles. The van der Waals surface area contributed by atoms with Crippen LogP contribution in [0.25, 0.3) is 0 Å². The molecule has 0 aromatic carbocycles. The Morgan fingerprint density at radius 2 is 1.75 bits per heavy atom. The van der Waals surface area contributed by atoms with Crippen molar-refractivity contribution in [3.63, 3.8) is 0 Å². The molecule has 3 heteroatoms. The normalized spacial score (nSPS) is 9.25. The first-order valence-corrected chi connectivity index (χ1v) is 4.10. The van der Waals surface area contributed by atoms with Gasteiger partial charge in [0.15, 0.2) is 0 Å². The topological polar surface area (TPSA) is 57.5 Å². The van der Waals surface area contributed by atoms with Crippen LogP contribution in [0.2, 0.25) is 0 Å². The average molecular weight is 174 g/mol. The molecule has 0 heterocycles. The van der Waals surface area contributed by atoms with Gasteiger partial charge in [-0.25, -0.2) is 0 Å². The molecule has 0 bridgehead atoms. The number of carboxylic acid groups (broad SMARTS) is 1. The second kappa shape index (κ2) is 12.8. The van der Waals surface area contributed by atoms with Crippen LogP contribution >= 0.6 is 0 Å². The van der Waals surface area contributed by atoms with Crippen molar-refractivity contribution < 1.29 is 15.0 Å². The van der Waals surface area contributed by atoms with E-state index in [4.69, 9.17) is 15.0 Å². The van der Waals surface area contributed by atoms with E-state index >= 15 is 0 Å². The van der Waals surface area contributed by atoms with E-state index in [-0.39, 0.29) is 6.61 Å². The van der Waals surface area contributed by atoms with Gasteiger partial charge in [-0.05, 0) is 12.8 Å². The van der Waals surface area contributed by atoms with Crippen LogP contribution in [0, 0.1) is 0 Å². The van der Waals surface area contributed by atoms with Crippen molar-refractivity contribution in [2.75, 3.05) is 6.61 Å². The van der Waals surface area contributed by atoms with Gasteiger partial charge in [0.25, 0.3) is 5.97 Å². The van der Waals surface area contributed by atoms with Crippen molar-refractivity contribution in [3.05, 3.63) is 12.2 Å². The second-order valence-corrected chi connectivity index (χ2v) is 2.29. The van der Waals surface area contributed by atoms with Crippen LogP contribution < -0.4 is 0 Å². The van der Waals surface area contributed by atoms with E-state index in [0.717, 1.165) is 19.8 Å². The highest BCUT2D eigenvalue weighted by Crippen LogP contribution is 1.89. The minimum Gasteiger partial charge on any atom is -0.481 e. The second-order valence-electron chi connectivity index (χ2n) is 2.29. The molecule has 0 aliphatic heterocycles. The molecule has 0 spiro atoms. The lowest BCUT2D eigenvalue weighted by atomic mass is 10.3. The van der Waals surface area contributed by atoms with E-state index in [1.165, 1.54) is 6.42 Å². The Kier molecular flexibility index (Phi) is 14.7. The van der Waals surface area contributed by atoms with Gasteiger partial charge < -0.3 is 10.2 Å². The SMILES string of the molecule is CC(=O)O.CCC/C=C\CCO. The van der Waals surface area contributed by atoms with Crippen LogP contribution in [0.5, 0.6) is 0 Å². The zero-order chi connectivity index (χ0) is 9.82. The van der Waals surface area contributed by atoms with E-state index in [9.17, 15) is 0 Å². The molecule has 0 unspecified atom stereocenters. The van der Waals surface area contributed by atoms with Crippen molar-refractivity contribution in [2.24, 2.45) is 0 Å². The highest BCUT2D eigenvalue weighted by molar-refractivity contribution is 5.62. The van der Waals surface area contributed by atoms with Crippen molar-refractivity contribution in [2.45, 2.75) is 33.1 Å². The Morgan fingerprint density at radius 1 is 1.33 bits per heavy atom. The lowest BCUT2D eigenvalue weighted by Gasteiger charge is -1.83. The number of aliphatic hydroxyl groups is 1. The molecule has 0 aliphatic rings. The standard InChI is InChI=1S/C7H14O.C2H4O2/c1-2-3-4-5-6-7-8;1-2(3)4/h4-5,8H,2-3,6-7H2,1H3;1H3,(H,3,4)/b5-4-;. The molecule has 12 heavy (non-hydrogen) atoms. The third kappa shape index (κ3) is 35.2. The fourth-order valence-electron chi connectivity index (χ4n) is 0.477. The van der Waals surface area contributed by atoms with Gasteiger partial charge in [0.05, 0.1) is 0 Å². The molecule has 72 valence electrons. The molecule has 0 atom stereocenters. The summed E-state index contributed by atoms with van der Waals surface area (Å²) in [6.07, 6.45) is 7.27. The van der Waals surface area contributed by atoms with Gasteiger partial charge in [0, 0.05) is 13.5 Å². The van der Waals surface area contributed by atoms with E-state index in [0.29, 0.717) is 0 Å². The van der Waals surface area contributed by atoms with Crippen LogP contribution in [-0.4, -0.2) is 22.8 Å². The summed E-state index contributed by atoms with van der Waals surface area (Å²) in [4.78, 5) is 9.00. The van der Waals surface area contributed by atoms with Crippen LogP contribution in [-0.2, 0) is 4.79 Å². The third-order valence-electron chi connectivity index (χ3n) is 0.918. The first kappa shape index (κ1) is 13.7. The van der Waals surface area contributed by atoms with Crippen LogP contribution in [0.1, 0.15) is 33.1 Å². The van der Waals surface area contributed by atoms with Gasteiger partial charge >= 0.3 is 0 Å². The molecule has 0 rings (SSSR count). The number of hydrogen-bond donors (Lipinski definition) is 2. The van der Waals surface area contributed by atoms with Crippen molar-refractivity contribution in [1.82, 2.24) is 0 Å². The summed E-state index contributed by atoms with van der Waals surface area (Å²) in [5.74, 6) is -0.833. The molecule has 0 saturated heterocycles. The van der Waals surface area contributed by atoms with Gasteiger partial charge in [-0.2, -0.15) is 0 Å². The number of aliphatic carboxylic acids is 1. The van der Waals surface area contributed by atoms with Crippen LogP contribution in [0.4, 0.5) is 0 Å². The summed E-state index contributed by atoms with van der Waals surface area (Å²) in [6, 6.07) is 0. The number of allylic oxidation sites excluding steroid dienone is 1. The van der Waals surface area contributed by atoms with Gasteiger partial charge in [-0.3, -0.25) is 4.79 Å². The van der Waals surface area contributed by atoms with E-state index in [1.54, 1.807) is 0 Å². The predicted octanol–water partition coefficient (Wildman–Crippen LogP) is 1.82. The molecule has 0 amide bonds. The smallest absolute Gasteiger partial charge is 0.300 e. The third-order valence-corrected chi connectivity index (χ3v) is 0.918. The molecule has 0 saturated carbocycles. The van der Waals surface area contributed by atoms with Gasteiger partial charge in [-0.1, -0.05) is 25.5 Å². The number of unbranched alkanes of at least 4 members (excludes halogenated alkanes) is 1. The average Bonchev–Trinajstić information content (AvgIpc) is 1.97. The number of carbonyl (C=O) groups is 1. The molecule has 0 aromatic heterocycles. The Labute approximate surface area is 73.7 Å². The number of hydrogen-bond acceptors (Lipinski definition) is 2. The monoisotopic (exact) mass is 174 g/mol. The maximum Gasteiger partial charge on any atom is 0.300 e. The fourth-order valence-corrected chi connectivity index (χ4v) is 0.477. The fraction of sp³-hybridized carbons (Fsp3) is 0.667. The maximum absolute atomic E-state index is 9.00. The largest absolute Gasteiger partial charge is 0.481 e. The summed E-state index contributed by atoms with van der Waals surface area (Å²) in [6.45, 7) is 3.50. The summed E-state index contributed by atoms with van der Waals surface area (Å²) >= 11 is 0. The number of rotatable bonds is 4. The summed E-state index contributed by atoms with van der Waals surface area (Å²) < 4.78 is 0. The molecule has 2 N–H and O–H groups in total. The first-order valence-electron chi connectivity index (χ1n) is 4.10. The number of carboxylic acids is 1. The summed E-state index contributed by atoms with van der Waals surface area (Å²) in [7, 11) is 0. The summed E-state index contributed by atoms with van der Waals surface area (Å²) in [5.41, 5.74) is 0. The lowest BCUT2D eigenvalue weighted by molar-refractivity contribution is -0.134. The van der Waals surface area contributed by atoms with Crippen LogP contribution in [0.15, 0.2) is 12.2 Å². The van der Waals surface area contributed by atoms with E-state index < -0.39 is 5.97 Å². The number of aliphatic hydroxyl groups excluding tert-OH is 1. The van der Waals surface area contributed by atoms with Gasteiger partial charge in [0.2, 0.25) is 0 Å². The summed E-state index contributed by atoms with van der Waals surface area (Å²) in [5, 5.41) is 15.7. The van der Waals surface area contributed by atoms with Crippen molar-refractivity contribution >= 4 is 5.97 Å².